The second kappa shape index (κ2) is 9.20. The largest absolute Gasteiger partial charge is 0.416 e. The van der Waals surface area contributed by atoms with E-state index in [1.165, 1.54) is 18.2 Å². The van der Waals surface area contributed by atoms with Crippen molar-refractivity contribution in [2.75, 3.05) is 5.32 Å². The number of nitrogens with one attached hydrogen (secondary N) is 2. The van der Waals surface area contributed by atoms with E-state index >= 15 is 0 Å². The summed E-state index contributed by atoms with van der Waals surface area (Å²) < 4.78 is 39.1. The third kappa shape index (κ3) is 5.55. The van der Waals surface area contributed by atoms with E-state index in [-0.39, 0.29) is 5.56 Å². The summed E-state index contributed by atoms with van der Waals surface area (Å²) in [5.74, 6) is -0.563. The number of halogens is 3. The van der Waals surface area contributed by atoms with Gasteiger partial charge in [0.2, 0.25) is 0 Å². The van der Waals surface area contributed by atoms with Gasteiger partial charge in [0.25, 0.3) is 5.91 Å². The number of amides is 1. The number of para-hydroxylation sites is 1. The fraction of sp³-hybridized carbons (Fsp3) is 0.143. The summed E-state index contributed by atoms with van der Waals surface area (Å²) in [5.41, 5.74) is 3.21. The number of carbonyl (C=O) groups is 1. The van der Waals surface area contributed by atoms with E-state index in [0.717, 1.165) is 11.6 Å². The van der Waals surface area contributed by atoms with E-state index in [0.29, 0.717) is 17.8 Å². The van der Waals surface area contributed by atoms with Gasteiger partial charge in [0.05, 0.1) is 11.1 Å². The normalized spacial score (nSPS) is 11.1. The summed E-state index contributed by atoms with van der Waals surface area (Å²) >= 11 is 0. The van der Waals surface area contributed by atoms with Crippen molar-refractivity contribution >= 4 is 11.6 Å². The molecule has 0 spiro atoms. The average molecular weight is 401 g/mol. The van der Waals surface area contributed by atoms with Crippen LogP contribution in [0.3, 0.4) is 0 Å². The first-order valence-electron chi connectivity index (χ1n) is 8.74. The molecular formula is C21H18F3N3O2. The molecule has 2 N–H and O–H groups in total. The van der Waals surface area contributed by atoms with Crippen LogP contribution in [0, 0.1) is 0 Å². The van der Waals surface area contributed by atoms with Crippen LogP contribution in [-0.4, -0.2) is 10.9 Å². The van der Waals surface area contributed by atoms with Crippen molar-refractivity contribution in [2.45, 2.75) is 19.3 Å². The topological polar surface area (TPSA) is 63.2 Å². The van der Waals surface area contributed by atoms with Crippen LogP contribution < -0.4 is 10.8 Å². The van der Waals surface area contributed by atoms with Gasteiger partial charge in [-0.2, -0.15) is 13.2 Å². The third-order valence-corrected chi connectivity index (χ3v) is 4.12. The summed E-state index contributed by atoms with van der Waals surface area (Å²) in [5, 5.41) is 3.15. The Hall–Kier alpha value is -3.39. The van der Waals surface area contributed by atoms with E-state index in [1.54, 1.807) is 36.7 Å². The van der Waals surface area contributed by atoms with Gasteiger partial charge in [0, 0.05) is 24.6 Å². The molecule has 3 rings (SSSR count). The van der Waals surface area contributed by atoms with Gasteiger partial charge in [-0.3, -0.25) is 14.6 Å². The zero-order valence-electron chi connectivity index (χ0n) is 15.2. The third-order valence-electron chi connectivity index (χ3n) is 4.12. The minimum Gasteiger partial charge on any atom is -0.380 e. The smallest absolute Gasteiger partial charge is 0.380 e. The Kier molecular flexibility index (Phi) is 6.46. The molecule has 1 aromatic heterocycles. The second-order valence-corrected chi connectivity index (χ2v) is 6.13. The van der Waals surface area contributed by atoms with Crippen LogP contribution in [0.1, 0.15) is 27.0 Å². The van der Waals surface area contributed by atoms with Gasteiger partial charge in [-0.1, -0.05) is 30.3 Å². The minimum absolute atomic E-state index is 0.0654. The van der Waals surface area contributed by atoms with Crippen molar-refractivity contribution in [2.24, 2.45) is 0 Å². The number of aromatic nitrogens is 1. The lowest BCUT2D eigenvalue weighted by molar-refractivity contribution is -0.139. The number of rotatable bonds is 7. The van der Waals surface area contributed by atoms with Crippen LogP contribution in [-0.2, 0) is 24.2 Å². The van der Waals surface area contributed by atoms with Crippen LogP contribution in [0.25, 0.3) is 0 Å². The molecule has 0 saturated heterocycles. The van der Waals surface area contributed by atoms with Gasteiger partial charge in [-0.05, 0) is 41.5 Å². The molecule has 0 fully saturated rings. The molecule has 0 aliphatic heterocycles. The first-order valence-corrected chi connectivity index (χ1v) is 8.74. The standard InChI is InChI=1S/C21H18F3N3O2/c22-21(23,24)18-7-3-1-5-16(18)14-29-27-20(28)17-6-2-4-8-19(17)26-13-15-9-11-25-12-10-15/h1-12,26H,13-14H2,(H,27,28). The molecule has 0 bridgehead atoms. The number of benzene rings is 2. The van der Waals surface area contributed by atoms with Crippen molar-refractivity contribution in [3.05, 3.63) is 95.3 Å². The van der Waals surface area contributed by atoms with Crippen LogP contribution in [0.4, 0.5) is 18.9 Å². The lowest BCUT2D eigenvalue weighted by Crippen LogP contribution is -2.25. The van der Waals surface area contributed by atoms with E-state index in [2.05, 4.69) is 15.8 Å². The Balaban J connectivity index is 1.62. The molecule has 8 heteroatoms. The predicted octanol–water partition coefficient (Wildman–Crippen LogP) is 4.57. The first-order chi connectivity index (χ1) is 13.9. The Morgan fingerprint density at radius 3 is 2.41 bits per heavy atom. The molecule has 3 aromatic rings. The number of pyridine rings is 1. The van der Waals surface area contributed by atoms with E-state index in [9.17, 15) is 18.0 Å². The zero-order chi connectivity index (χ0) is 20.7. The van der Waals surface area contributed by atoms with Gasteiger partial charge in [-0.25, -0.2) is 5.48 Å². The average Bonchev–Trinajstić information content (AvgIpc) is 2.73. The maximum Gasteiger partial charge on any atom is 0.416 e. The molecule has 0 radical (unpaired) electrons. The van der Waals surface area contributed by atoms with Crippen LogP contribution in [0.15, 0.2) is 73.1 Å². The molecule has 0 unspecified atom stereocenters. The number of hydrogen-bond acceptors (Lipinski definition) is 4. The molecule has 0 saturated carbocycles. The minimum atomic E-state index is -4.49. The highest BCUT2D eigenvalue weighted by Gasteiger charge is 2.32. The summed E-state index contributed by atoms with van der Waals surface area (Å²) in [7, 11) is 0. The summed E-state index contributed by atoms with van der Waals surface area (Å²) in [4.78, 5) is 21.4. The lowest BCUT2D eigenvalue weighted by atomic mass is 10.1. The lowest BCUT2D eigenvalue weighted by Gasteiger charge is -2.14. The molecule has 29 heavy (non-hydrogen) atoms. The second-order valence-electron chi connectivity index (χ2n) is 6.13. The van der Waals surface area contributed by atoms with Gasteiger partial charge in [0.1, 0.15) is 6.61 Å². The number of carbonyl (C=O) groups excluding carboxylic acids is 1. The zero-order valence-corrected chi connectivity index (χ0v) is 15.2. The molecule has 0 atom stereocenters. The monoisotopic (exact) mass is 401 g/mol. The quantitative estimate of drug-likeness (QED) is 0.569. The predicted molar refractivity (Wildman–Crippen MR) is 102 cm³/mol. The number of nitrogens with zero attached hydrogens (tertiary/aromatic N) is 1. The Bertz CT molecular complexity index is 963. The SMILES string of the molecule is O=C(NOCc1ccccc1C(F)(F)F)c1ccccc1NCc1ccncc1. The van der Waals surface area contributed by atoms with Crippen molar-refractivity contribution < 1.29 is 22.8 Å². The first kappa shape index (κ1) is 20.3. The number of hydroxylamine groups is 1. The maximum atomic E-state index is 13.0. The molecular weight excluding hydrogens is 383 g/mol. The fourth-order valence-electron chi connectivity index (χ4n) is 2.69. The highest BCUT2D eigenvalue weighted by molar-refractivity contribution is 5.98. The molecule has 2 aromatic carbocycles. The maximum absolute atomic E-state index is 13.0. The highest BCUT2D eigenvalue weighted by atomic mass is 19.4. The molecule has 0 aliphatic rings. The van der Waals surface area contributed by atoms with Crippen molar-refractivity contribution in [1.29, 1.82) is 0 Å². The molecule has 1 heterocycles. The number of hydrogen-bond donors (Lipinski definition) is 2. The van der Waals surface area contributed by atoms with E-state index in [1.807, 2.05) is 12.1 Å². The van der Waals surface area contributed by atoms with Crippen molar-refractivity contribution in [3.63, 3.8) is 0 Å². The van der Waals surface area contributed by atoms with E-state index < -0.39 is 24.3 Å². The van der Waals surface area contributed by atoms with Gasteiger partial charge >= 0.3 is 6.18 Å². The van der Waals surface area contributed by atoms with Gasteiger partial charge in [0.15, 0.2) is 0 Å². The Morgan fingerprint density at radius 1 is 0.966 bits per heavy atom. The van der Waals surface area contributed by atoms with Crippen molar-refractivity contribution in [3.8, 4) is 0 Å². The summed E-state index contributed by atoms with van der Waals surface area (Å²) in [6.45, 7) is 0.0701. The van der Waals surface area contributed by atoms with E-state index in [4.69, 9.17) is 4.84 Å². The molecule has 0 aliphatic carbocycles. The number of alkyl halides is 3. The van der Waals surface area contributed by atoms with Crippen molar-refractivity contribution in [1.82, 2.24) is 10.5 Å². The van der Waals surface area contributed by atoms with Gasteiger partial charge < -0.3 is 5.32 Å². The Morgan fingerprint density at radius 2 is 1.66 bits per heavy atom. The highest BCUT2D eigenvalue weighted by Crippen LogP contribution is 2.32. The summed E-state index contributed by atoms with van der Waals surface area (Å²) in [6, 6.07) is 15.5. The molecule has 150 valence electrons. The number of anilines is 1. The fourth-order valence-corrected chi connectivity index (χ4v) is 2.69. The molecule has 1 amide bonds. The van der Waals surface area contributed by atoms with Crippen LogP contribution in [0.2, 0.25) is 0 Å². The molecule has 5 nitrogen and oxygen atoms in total. The van der Waals surface area contributed by atoms with Crippen LogP contribution >= 0.6 is 0 Å². The van der Waals surface area contributed by atoms with Gasteiger partial charge in [-0.15, -0.1) is 0 Å². The summed E-state index contributed by atoms with van der Waals surface area (Å²) in [6.07, 6.45) is -1.15. The Labute approximate surface area is 165 Å². The van der Waals surface area contributed by atoms with Crippen LogP contribution in [0.5, 0.6) is 0 Å².